The average molecular weight is 276 g/mol. The van der Waals surface area contributed by atoms with Crippen LogP contribution < -0.4 is 0 Å². The lowest BCUT2D eigenvalue weighted by Gasteiger charge is -2.14. The van der Waals surface area contributed by atoms with E-state index in [2.05, 4.69) is 29.3 Å². The molecule has 2 heterocycles. The van der Waals surface area contributed by atoms with Crippen LogP contribution in [0.4, 0.5) is 0 Å². The van der Waals surface area contributed by atoms with E-state index < -0.39 is 0 Å². The molecule has 0 radical (unpaired) electrons. The Hall–Kier alpha value is -2.42. The average Bonchev–Trinajstić information content (AvgIpc) is 3.09. The van der Waals surface area contributed by atoms with E-state index in [1.807, 2.05) is 41.3 Å². The maximum absolute atomic E-state index is 12.6. The number of amidine groups is 1. The smallest absolute Gasteiger partial charge is 0.257 e. The number of amides is 1. The Balaban J connectivity index is 1.60. The quantitative estimate of drug-likeness (QED) is 0.829. The molecular weight excluding hydrogens is 260 g/mol. The number of aliphatic imine (C=N–C) groups is 1. The molecule has 4 rings (SSSR count). The van der Waals surface area contributed by atoms with Gasteiger partial charge in [0.15, 0.2) is 6.04 Å². The summed E-state index contributed by atoms with van der Waals surface area (Å²) >= 11 is 0. The molecule has 1 fully saturated rings. The van der Waals surface area contributed by atoms with E-state index in [1.165, 1.54) is 5.56 Å². The second-order valence-corrected chi connectivity index (χ2v) is 5.62. The molecule has 0 N–H and O–H groups in total. The molecule has 0 saturated carbocycles. The first-order valence-corrected chi connectivity index (χ1v) is 7.31. The Bertz CT molecular complexity index is 694. The maximum Gasteiger partial charge on any atom is 0.257 e. The monoisotopic (exact) mass is 276 g/mol. The van der Waals surface area contributed by atoms with E-state index in [0.29, 0.717) is 5.92 Å². The van der Waals surface area contributed by atoms with Crippen LogP contribution in [0.2, 0.25) is 0 Å². The minimum absolute atomic E-state index is 0.120. The molecule has 0 bridgehead atoms. The zero-order valence-corrected chi connectivity index (χ0v) is 11.6. The molecule has 21 heavy (non-hydrogen) atoms. The fourth-order valence-electron chi connectivity index (χ4n) is 3.21. The van der Waals surface area contributed by atoms with Gasteiger partial charge in [0, 0.05) is 18.9 Å². The van der Waals surface area contributed by atoms with E-state index in [4.69, 9.17) is 0 Å². The van der Waals surface area contributed by atoms with Crippen LogP contribution in [0.1, 0.15) is 29.5 Å². The number of nitrogens with zero attached hydrogens (tertiary/aromatic N) is 2. The van der Waals surface area contributed by atoms with E-state index in [1.54, 1.807) is 0 Å². The number of benzene rings is 2. The SMILES string of the molecule is O=C1C(c2ccccc2)N=C2CC(c3ccccc3)CN12. The van der Waals surface area contributed by atoms with Gasteiger partial charge in [-0.3, -0.25) is 14.7 Å². The van der Waals surface area contributed by atoms with Gasteiger partial charge in [-0.05, 0) is 11.1 Å². The fourth-order valence-corrected chi connectivity index (χ4v) is 3.21. The standard InChI is InChI=1S/C18H16N2O/c21-18-17(14-9-5-2-6-10-14)19-16-11-15(12-20(16)18)13-7-3-1-4-8-13/h1-10,15,17H,11-12H2. The van der Waals surface area contributed by atoms with Crippen LogP contribution in [0, 0.1) is 0 Å². The van der Waals surface area contributed by atoms with Gasteiger partial charge in [-0.15, -0.1) is 0 Å². The third-order valence-electron chi connectivity index (χ3n) is 4.31. The number of rotatable bonds is 2. The number of hydrogen-bond acceptors (Lipinski definition) is 2. The van der Waals surface area contributed by atoms with E-state index in [0.717, 1.165) is 24.4 Å². The largest absolute Gasteiger partial charge is 0.298 e. The summed E-state index contributed by atoms with van der Waals surface area (Å²) < 4.78 is 0. The van der Waals surface area contributed by atoms with Gasteiger partial charge in [0.1, 0.15) is 5.84 Å². The van der Waals surface area contributed by atoms with Crippen molar-refractivity contribution in [3.63, 3.8) is 0 Å². The molecule has 3 heteroatoms. The zero-order valence-electron chi connectivity index (χ0n) is 11.6. The summed E-state index contributed by atoms with van der Waals surface area (Å²) in [5.74, 6) is 1.45. The van der Waals surface area contributed by atoms with Crippen molar-refractivity contribution in [1.82, 2.24) is 4.90 Å². The molecular formula is C18H16N2O. The number of hydrogen-bond donors (Lipinski definition) is 0. The van der Waals surface area contributed by atoms with Gasteiger partial charge in [0.05, 0.1) is 0 Å². The summed E-state index contributed by atoms with van der Waals surface area (Å²) in [5, 5.41) is 0. The van der Waals surface area contributed by atoms with Gasteiger partial charge < -0.3 is 0 Å². The van der Waals surface area contributed by atoms with Crippen LogP contribution in [-0.2, 0) is 4.79 Å². The summed E-state index contributed by atoms with van der Waals surface area (Å²) in [4.78, 5) is 19.1. The summed E-state index contributed by atoms with van der Waals surface area (Å²) in [6.07, 6.45) is 0.860. The van der Waals surface area contributed by atoms with Crippen LogP contribution in [0.25, 0.3) is 0 Å². The molecule has 2 aliphatic rings. The van der Waals surface area contributed by atoms with Crippen molar-refractivity contribution in [2.45, 2.75) is 18.4 Å². The van der Waals surface area contributed by atoms with Crippen LogP contribution in [0.15, 0.2) is 65.7 Å². The van der Waals surface area contributed by atoms with Crippen molar-refractivity contribution in [2.75, 3.05) is 6.54 Å². The molecule has 1 saturated heterocycles. The second-order valence-electron chi connectivity index (χ2n) is 5.62. The van der Waals surface area contributed by atoms with Gasteiger partial charge in [0.25, 0.3) is 5.91 Å². The Morgan fingerprint density at radius 2 is 1.52 bits per heavy atom. The molecule has 0 aliphatic carbocycles. The lowest BCUT2D eigenvalue weighted by atomic mass is 9.98. The predicted octanol–water partition coefficient (Wildman–Crippen LogP) is 3.16. The highest BCUT2D eigenvalue weighted by molar-refractivity contribution is 6.07. The van der Waals surface area contributed by atoms with Crippen molar-refractivity contribution in [1.29, 1.82) is 0 Å². The van der Waals surface area contributed by atoms with Crippen molar-refractivity contribution >= 4 is 11.7 Å². The highest BCUT2D eigenvalue weighted by Crippen LogP contribution is 2.36. The zero-order chi connectivity index (χ0) is 14.2. The van der Waals surface area contributed by atoms with Crippen LogP contribution >= 0.6 is 0 Å². The van der Waals surface area contributed by atoms with E-state index in [9.17, 15) is 4.79 Å². The van der Waals surface area contributed by atoms with Crippen LogP contribution in [0.3, 0.4) is 0 Å². The second kappa shape index (κ2) is 4.85. The lowest BCUT2D eigenvalue weighted by Crippen LogP contribution is -2.29. The highest BCUT2D eigenvalue weighted by Gasteiger charge is 2.41. The Morgan fingerprint density at radius 3 is 2.14 bits per heavy atom. The molecule has 2 aliphatic heterocycles. The molecule has 0 aromatic heterocycles. The normalized spacial score (nSPS) is 24.1. The first kappa shape index (κ1) is 12.3. The Labute approximate surface area is 123 Å². The molecule has 2 unspecified atom stereocenters. The van der Waals surface area contributed by atoms with Crippen molar-refractivity contribution in [3.8, 4) is 0 Å². The summed E-state index contributed by atoms with van der Waals surface area (Å²) in [7, 11) is 0. The third kappa shape index (κ3) is 2.05. The van der Waals surface area contributed by atoms with E-state index in [-0.39, 0.29) is 11.9 Å². The van der Waals surface area contributed by atoms with Crippen molar-refractivity contribution in [2.24, 2.45) is 4.99 Å². The lowest BCUT2D eigenvalue weighted by molar-refractivity contribution is -0.127. The van der Waals surface area contributed by atoms with Crippen molar-refractivity contribution < 1.29 is 4.79 Å². The van der Waals surface area contributed by atoms with Gasteiger partial charge in [-0.2, -0.15) is 0 Å². The first-order valence-electron chi connectivity index (χ1n) is 7.31. The summed E-state index contributed by atoms with van der Waals surface area (Å²) in [5.41, 5.74) is 2.28. The molecule has 3 nitrogen and oxygen atoms in total. The van der Waals surface area contributed by atoms with Gasteiger partial charge in [0.2, 0.25) is 0 Å². The van der Waals surface area contributed by atoms with Gasteiger partial charge >= 0.3 is 0 Å². The fraction of sp³-hybridized carbons (Fsp3) is 0.222. The molecule has 2 aromatic carbocycles. The number of carbonyl (C=O) groups excluding carboxylic acids is 1. The van der Waals surface area contributed by atoms with Crippen molar-refractivity contribution in [3.05, 3.63) is 71.8 Å². The third-order valence-corrected chi connectivity index (χ3v) is 4.31. The maximum atomic E-state index is 12.6. The molecule has 1 amide bonds. The number of carbonyl (C=O) groups is 1. The van der Waals surface area contributed by atoms with Gasteiger partial charge in [-0.25, -0.2) is 0 Å². The highest BCUT2D eigenvalue weighted by atomic mass is 16.2. The summed E-state index contributed by atoms with van der Waals surface area (Å²) in [6.45, 7) is 0.755. The molecule has 0 spiro atoms. The minimum Gasteiger partial charge on any atom is -0.298 e. The Morgan fingerprint density at radius 1 is 0.905 bits per heavy atom. The summed E-state index contributed by atoms with van der Waals surface area (Å²) in [6, 6.07) is 19.9. The first-order chi connectivity index (χ1) is 10.3. The van der Waals surface area contributed by atoms with E-state index >= 15 is 0 Å². The molecule has 104 valence electrons. The molecule has 2 aromatic rings. The Kier molecular flexibility index (Phi) is 2.85. The van der Waals surface area contributed by atoms with Crippen LogP contribution in [0.5, 0.6) is 0 Å². The topological polar surface area (TPSA) is 32.7 Å². The van der Waals surface area contributed by atoms with Gasteiger partial charge in [-0.1, -0.05) is 60.7 Å². The minimum atomic E-state index is -0.335. The predicted molar refractivity (Wildman–Crippen MR) is 82.1 cm³/mol. The van der Waals surface area contributed by atoms with Crippen LogP contribution in [-0.4, -0.2) is 23.2 Å². The number of fused-ring (bicyclic) bond motifs is 1. The molecule has 2 atom stereocenters.